The summed E-state index contributed by atoms with van der Waals surface area (Å²) < 4.78 is 5.34. The van der Waals surface area contributed by atoms with Crippen molar-refractivity contribution >= 4 is 17.7 Å². The molecule has 2 heterocycles. The van der Waals surface area contributed by atoms with Crippen LogP contribution in [0, 0.1) is 6.92 Å². The first kappa shape index (κ1) is 16.1. The van der Waals surface area contributed by atoms with E-state index < -0.39 is 0 Å². The average Bonchev–Trinajstić information content (AvgIpc) is 3.06. The number of aliphatic hydroxyl groups is 1. The van der Waals surface area contributed by atoms with E-state index in [0.717, 1.165) is 25.9 Å². The number of benzene rings is 1. The fourth-order valence-electron chi connectivity index (χ4n) is 2.78. The van der Waals surface area contributed by atoms with E-state index in [1.807, 2.05) is 16.7 Å². The van der Waals surface area contributed by atoms with Crippen LogP contribution in [0.3, 0.4) is 0 Å². The van der Waals surface area contributed by atoms with E-state index >= 15 is 0 Å². The van der Waals surface area contributed by atoms with Crippen LogP contribution in [0.5, 0.6) is 0 Å². The van der Waals surface area contributed by atoms with Crippen LogP contribution in [-0.4, -0.2) is 34.3 Å². The molecule has 1 aromatic heterocycles. The highest BCUT2D eigenvalue weighted by Crippen LogP contribution is 2.32. The van der Waals surface area contributed by atoms with Gasteiger partial charge in [-0.05, 0) is 43.5 Å². The summed E-state index contributed by atoms with van der Waals surface area (Å²) in [6, 6.07) is 11.7. The second-order valence-corrected chi connectivity index (χ2v) is 7.14. The van der Waals surface area contributed by atoms with Gasteiger partial charge in [-0.15, -0.1) is 11.8 Å². The number of furan rings is 1. The summed E-state index contributed by atoms with van der Waals surface area (Å²) >= 11 is 1.91. The number of carbonyl (C=O) groups excluding carboxylic acids is 1. The van der Waals surface area contributed by atoms with Gasteiger partial charge >= 0.3 is 0 Å². The van der Waals surface area contributed by atoms with E-state index in [4.69, 9.17) is 9.52 Å². The Hall–Kier alpha value is -1.72. The van der Waals surface area contributed by atoms with Crippen LogP contribution in [0.25, 0.3) is 0 Å². The quantitative estimate of drug-likeness (QED) is 0.932. The summed E-state index contributed by atoms with van der Waals surface area (Å²) in [4.78, 5) is 15.6. The smallest absolute Gasteiger partial charge is 0.289 e. The maximum Gasteiger partial charge on any atom is 0.289 e. The molecule has 0 unspecified atom stereocenters. The number of hydrogen-bond acceptors (Lipinski definition) is 4. The van der Waals surface area contributed by atoms with E-state index in [1.165, 1.54) is 10.5 Å². The molecule has 1 N–H and O–H groups in total. The summed E-state index contributed by atoms with van der Waals surface area (Å²) in [5, 5.41) is 9.56. The normalized spacial score (nSPS) is 15.8. The SMILES string of the molecule is Cc1ccccc1SC1CCN(C(=O)c2ccc(CO)o2)CC1. The zero-order chi connectivity index (χ0) is 16.2. The molecule has 0 saturated carbocycles. The summed E-state index contributed by atoms with van der Waals surface area (Å²) in [6.07, 6.45) is 1.97. The standard InChI is InChI=1S/C18H21NO3S/c1-13-4-2-3-5-17(13)23-15-8-10-19(11-9-15)18(21)16-7-6-14(12-20)22-16/h2-7,15,20H,8-12H2,1H3. The van der Waals surface area contributed by atoms with Crippen molar-refractivity contribution in [3.63, 3.8) is 0 Å². The Bertz CT molecular complexity index is 674. The first-order valence-electron chi connectivity index (χ1n) is 7.88. The first-order chi connectivity index (χ1) is 11.2. The maximum atomic E-state index is 12.4. The van der Waals surface area contributed by atoms with Gasteiger partial charge in [0.25, 0.3) is 5.91 Å². The van der Waals surface area contributed by atoms with E-state index in [9.17, 15) is 4.79 Å². The molecule has 0 radical (unpaired) electrons. The molecule has 2 aromatic rings. The molecule has 1 fully saturated rings. The van der Waals surface area contributed by atoms with Gasteiger partial charge in [0, 0.05) is 23.2 Å². The molecule has 1 saturated heterocycles. The van der Waals surface area contributed by atoms with E-state index in [1.54, 1.807) is 12.1 Å². The highest BCUT2D eigenvalue weighted by atomic mass is 32.2. The molecule has 122 valence electrons. The van der Waals surface area contributed by atoms with Crippen LogP contribution >= 0.6 is 11.8 Å². The molecule has 0 aliphatic carbocycles. The van der Waals surface area contributed by atoms with E-state index in [0.29, 0.717) is 16.8 Å². The minimum atomic E-state index is -0.178. The van der Waals surface area contributed by atoms with Crippen molar-refractivity contribution in [3.8, 4) is 0 Å². The molecule has 5 heteroatoms. The molecular formula is C18H21NO3S. The van der Waals surface area contributed by atoms with Crippen LogP contribution < -0.4 is 0 Å². The van der Waals surface area contributed by atoms with Gasteiger partial charge in [0.15, 0.2) is 5.76 Å². The van der Waals surface area contributed by atoms with E-state index in [2.05, 4.69) is 31.2 Å². The minimum absolute atomic E-state index is 0.0796. The molecule has 4 nitrogen and oxygen atoms in total. The lowest BCUT2D eigenvalue weighted by atomic mass is 10.1. The number of amides is 1. The summed E-state index contributed by atoms with van der Waals surface area (Å²) in [7, 11) is 0. The lowest BCUT2D eigenvalue weighted by Gasteiger charge is -2.31. The fraction of sp³-hybridized carbons (Fsp3) is 0.389. The van der Waals surface area contributed by atoms with Crippen LogP contribution in [0.2, 0.25) is 0 Å². The Morgan fingerprint density at radius 3 is 2.65 bits per heavy atom. The minimum Gasteiger partial charge on any atom is -0.453 e. The lowest BCUT2D eigenvalue weighted by molar-refractivity contribution is 0.0690. The van der Waals surface area contributed by atoms with Gasteiger partial charge in [0.1, 0.15) is 12.4 Å². The van der Waals surface area contributed by atoms with E-state index in [-0.39, 0.29) is 12.5 Å². The van der Waals surface area contributed by atoms with Gasteiger partial charge in [0.05, 0.1) is 0 Å². The molecule has 0 atom stereocenters. The first-order valence-corrected chi connectivity index (χ1v) is 8.76. The van der Waals surface area contributed by atoms with Crippen molar-refractivity contribution in [2.75, 3.05) is 13.1 Å². The van der Waals surface area contributed by atoms with Crippen LogP contribution in [0.1, 0.15) is 34.7 Å². The topological polar surface area (TPSA) is 53.7 Å². The molecular weight excluding hydrogens is 310 g/mol. The monoisotopic (exact) mass is 331 g/mol. The summed E-state index contributed by atoms with van der Waals surface area (Å²) in [5.41, 5.74) is 1.31. The number of aryl methyl sites for hydroxylation is 1. The second-order valence-electron chi connectivity index (χ2n) is 5.80. The van der Waals surface area contributed by atoms with Crippen LogP contribution in [0.15, 0.2) is 45.7 Å². The third-order valence-corrected chi connectivity index (χ3v) is 5.66. The Balaban J connectivity index is 1.56. The van der Waals surface area contributed by atoms with Crippen molar-refractivity contribution in [3.05, 3.63) is 53.5 Å². The largest absolute Gasteiger partial charge is 0.453 e. The van der Waals surface area contributed by atoms with Crippen molar-refractivity contribution in [2.24, 2.45) is 0 Å². The van der Waals surface area contributed by atoms with Crippen molar-refractivity contribution in [1.82, 2.24) is 4.90 Å². The van der Waals surface area contributed by atoms with Crippen molar-refractivity contribution in [1.29, 1.82) is 0 Å². The maximum absolute atomic E-state index is 12.4. The number of hydrogen-bond donors (Lipinski definition) is 1. The zero-order valence-corrected chi connectivity index (χ0v) is 14.0. The number of nitrogens with zero attached hydrogens (tertiary/aromatic N) is 1. The zero-order valence-electron chi connectivity index (χ0n) is 13.2. The van der Waals surface area contributed by atoms with Gasteiger partial charge in [-0.25, -0.2) is 0 Å². The number of rotatable bonds is 4. The molecule has 3 rings (SSSR count). The molecule has 0 bridgehead atoms. The number of aliphatic hydroxyl groups excluding tert-OH is 1. The number of likely N-dealkylation sites (tertiary alicyclic amines) is 1. The third kappa shape index (κ3) is 3.79. The second kappa shape index (κ2) is 7.23. The summed E-state index contributed by atoms with van der Waals surface area (Å²) in [6.45, 7) is 3.45. The molecule has 0 spiro atoms. The van der Waals surface area contributed by atoms with Gasteiger partial charge in [-0.1, -0.05) is 18.2 Å². The van der Waals surface area contributed by atoms with Gasteiger partial charge in [-0.3, -0.25) is 4.79 Å². The molecule has 1 aliphatic rings. The van der Waals surface area contributed by atoms with Crippen molar-refractivity contribution in [2.45, 2.75) is 36.5 Å². The lowest BCUT2D eigenvalue weighted by Crippen LogP contribution is -2.39. The van der Waals surface area contributed by atoms with Gasteiger partial charge < -0.3 is 14.4 Å². The average molecular weight is 331 g/mol. The Morgan fingerprint density at radius 2 is 2.00 bits per heavy atom. The van der Waals surface area contributed by atoms with Crippen molar-refractivity contribution < 1.29 is 14.3 Å². The van der Waals surface area contributed by atoms with Crippen LogP contribution in [0.4, 0.5) is 0 Å². The molecule has 23 heavy (non-hydrogen) atoms. The number of carbonyl (C=O) groups is 1. The Morgan fingerprint density at radius 1 is 1.26 bits per heavy atom. The predicted molar refractivity (Wildman–Crippen MR) is 90.6 cm³/mol. The van der Waals surface area contributed by atoms with Crippen LogP contribution in [-0.2, 0) is 6.61 Å². The van der Waals surface area contributed by atoms with Gasteiger partial charge in [0.2, 0.25) is 0 Å². The Labute approximate surface area is 140 Å². The highest BCUT2D eigenvalue weighted by molar-refractivity contribution is 8.00. The molecule has 1 amide bonds. The predicted octanol–water partition coefficient (Wildman–Crippen LogP) is 3.48. The molecule has 1 aromatic carbocycles. The fourth-order valence-corrected chi connectivity index (χ4v) is 4.00. The number of piperidine rings is 1. The third-order valence-electron chi connectivity index (χ3n) is 4.14. The molecule has 1 aliphatic heterocycles. The summed E-state index contributed by atoms with van der Waals surface area (Å²) in [5.74, 6) is 0.668. The highest BCUT2D eigenvalue weighted by Gasteiger charge is 2.26. The Kier molecular flexibility index (Phi) is 5.08. The number of thioether (sulfide) groups is 1. The van der Waals surface area contributed by atoms with Gasteiger partial charge in [-0.2, -0.15) is 0 Å².